The van der Waals surface area contributed by atoms with Gasteiger partial charge in [0.05, 0.1) is 20.8 Å². The summed E-state index contributed by atoms with van der Waals surface area (Å²) in [6.07, 6.45) is 1.32. The van der Waals surface area contributed by atoms with E-state index in [0.717, 1.165) is 22.5 Å². The van der Waals surface area contributed by atoms with Crippen LogP contribution in [0.3, 0.4) is 0 Å². The van der Waals surface area contributed by atoms with E-state index in [4.69, 9.17) is 9.47 Å². The summed E-state index contributed by atoms with van der Waals surface area (Å²) in [6, 6.07) is 9.59. The molecule has 0 spiro atoms. The fraction of sp³-hybridized carbons (Fsp3) is 0.360. The number of rotatable bonds is 6. The molecule has 3 aromatic rings. The summed E-state index contributed by atoms with van der Waals surface area (Å²) in [5, 5.41) is 2.04. The first-order valence-corrected chi connectivity index (χ1v) is 11.6. The highest BCUT2D eigenvalue weighted by Crippen LogP contribution is 2.33. The lowest BCUT2D eigenvalue weighted by Gasteiger charge is -2.30. The lowest BCUT2D eigenvalue weighted by atomic mass is 9.97. The molecule has 0 radical (unpaired) electrons. The zero-order valence-corrected chi connectivity index (χ0v) is 19.8. The van der Waals surface area contributed by atoms with E-state index in [0.29, 0.717) is 49.5 Å². The van der Waals surface area contributed by atoms with Crippen LogP contribution in [0.2, 0.25) is 0 Å². The van der Waals surface area contributed by atoms with Gasteiger partial charge in [0.25, 0.3) is 5.91 Å². The zero-order chi connectivity index (χ0) is 22.8. The fourth-order valence-electron chi connectivity index (χ4n) is 4.42. The van der Waals surface area contributed by atoms with Crippen LogP contribution in [-0.2, 0) is 25.9 Å². The van der Waals surface area contributed by atoms with Crippen LogP contribution in [0.5, 0.6) is 11.5 Å². The van der Waals surface area contributed by atoms with Gasteiger partial charge in [-0.05, 0) is 54.5 Å². The van der Waals surface area contributed by atoms with Gasteiger partial charge in [0, 0.05) is 35.4 Å². The van der Waals surface area contributed by atoms with E-state index >= 15 is 0 Å². The highest BCUT2D eigenvalue weighted by atomic mass is 32.1. The molecule has 0 saturated carbocycles. The number of benzene rings is 1. The Balaban J connectivity index is 1.70. The number of carbonyl (C=O) groups excluding carboxylic acids is 1. The van der Waals surface area contributed by atoms with Gasteiger partial charge in [0.2, 0.25) is 0 Å². The minimum absolute atomic E-state index is 0.202. The molecule has 0 bridgehead atoms. The minimum atomic E-state index is -0.204. The van der Waals surface area contributed by atoms with Crippen LogP contribution < -0.4 is 14.9 Å². The van der Waals surface area contributed by atoms with Gasteiger partial charge in [-0.15, -0.1) is 11.3 Å². The molecule has 1 aliphatic rings. The number of thiophene rings is 1. The topological polar surface area (TPSA) is 60.8 Å². The molecule has 0 fully saturated rings. The number of hydrogen-bond donors (Lipinski definition) is 0. The average Bonchev–Trinajstić information content (AvgIpc) is 3.32. The minimum Gasteiger partial charge on any atom is -0.493 e. The quantitative estimate of drug-likeness (QED) is 0.566. The summed E-state index contributed by atoms with van der Waals surface area (Å²) < 4.78 is 13.0. The molecule has 0 atom stereocenters. The molecule has 168 valence electrons. The van der Waals surface area contributed by atoms with Crippen molar-refractivity contribution in [3.8, 4) is 11.5 Å². The molecule has 0 aliphatic carbocycles. The molecule has 0 N–H and O–H groups in total. The second kappa shape index (κ2) is 9.20. The number of ether oxygens (including phenoxy) is 2. The third-order valence-electron chi connectivity index (χ3n) is 6.07. The number of nitrogens with zero attached hydrogens (tertiary/aromatic N) is 2. The van der Waals surface area contributed by atoms with Crippen LogP contribution >= 0.6 is 11.3 Å². The SMILES string of the molecule is CCc1c(C(=O)N2CCc3cc(OC)c(OC)cc3C2)c(=O)cc(C)n1Cc1cccs1. The third-order valence-corrected chi connectivity index (χ3v) is 6.94. The van der Waals surface area contributed by atoms with Gasteiger partial charge in [-0.1, -0.05) is 13.0 Å². The van der Waals surface area contributed by atoms with Crippen molar-refractivity contribution in [1.82, 2.24) is 9.47 Å². The molecular formula is C25H28N2O4S. The van der Waals surface area contributed by atoms with Gasteiger partial charge < -0.3 is 18.9 Å². The maximum absolute atomic E-state index is 13.6. The zero-order valence-electron chi connectivity index (χ0n) is 18.9. The molecule has 4 rings (SSSR count). The Morgan fingerprint density at radius 1 is 1.12 bits per heavy atom. The van der Waals surface area contributed by atoms with Crippen molar-refractivity contribution >= 4 is 17.2 Å². The predicted octanol–water partition coefficient (Wildman–Crippen LogP) is 4.04. The van der Waals surface area contributed by atoms with Crippen molar-refractivity contribution in [2.24, 2.45) is 0 Å². The van der Waals surface area contributed by atoms with Crippen molar-refractivity contribution in [3.63, 3.8) is 0 Å². The standard InChI is InChI=1S/C25H28N2O4S/c1-5-20-24(21(28)11-16(2)27(20)15-19-7-6-10-32-19)25(29)26-9-8-17-12-22(30-3)23(31-4)13-18(17)14-26/h6-7,10-13H,5,8-9,14-15H2,1-4H3. The Bertz CT molecular complexity index is 1200. The van der Waals surface area contributed by atoms with Crippen molar-refractivity contribution < 1.29 is 14.3 Å². The Kier molecular flexibility index (Phi) is 6.37. The highest BCUT2D eigenvalue weighted by Gasteiger charge is 2.28. The van der Waals surface area contributed by atoms with E-state index in [1.807, 2.05) is 37.4 Å². The molecule has 3 heterocycles. The van der Waals surface area contributed by atoms with Crippen molar-refractivity contribution in [2.75, 3.05) is 20.8 Å². The van der Waals surface area contributed by atoms with Crippen LogP contribution in [0.15, 0.2) is 40.5 Å². The lowest BCUT2D eigenvalue weighted by molar-refractivity contribution is 0.0730. The molecule has 32 heavy (non-hydrogen) atoms. The number of carbonyl (C=O) groups is 1. The first-order valence-electron chi connectivity index (χ1n) is 10.8. The molecule has 0 saturated heterocycles. The van der Waals surface area contributed by atoms with Crippen LogP contribution in [0.4, 0.5) is 0 Å². The molecule has 7 heteroatoms. The van der Waals surface area contributed by atoms with E-state index < -0.39 is 0 Å². The van der Waals surface area contributed by atoms with Crippen LogP contribution in [0.25, 0.3) is 0 Å². The molecule has 1 amide bonds. The molecular weight excluding hydrogens is 424 g/mol. The average molecular weight is 453 g/mol. The van der Waals surface area contributed by atoms with Gasteiger partial charge in [-0.3, -0.25) is 9.59 Å². The second-order valence-corrected chi connectivity index (χ2v) is 8.98. The van der Waals surface area contributed by atoms with E-state index in [1.165, 1.54) is 4.88 Å². The number of aryl methyl sites for hydroxylation is 1. The van der Waals surface area contributed by atoms with Crippen LogP contribution in [0, 0.1) is 6.92 Å². The van der Waals surface area contributed by atoms with Gasteiger partial charge in [0.15, 0.2) is 16.9 Å². The number of hydrogen-bond acceptors (Lipinski definition) is 5. The Morgan fingerprint density at radius 2 is 1.84 bits per heavy atom. The van der Waals surface area contributed by atoms with Gasteiger partial charge in [-0.25, -0.2) is 0 Å². The summed E-state index contributed by atoms with van der Waals surface area (Å²) in [6.45, 7) is 5.59. The normalized spacial score (nSPS) is 13.1. The van der Waals surface area contributed by atoms with Crippen molar-refractivity contribution in [3.05, 3.63) is 78.9 Å². The maximum atomic E-state index is 13.6. The summed E-state index contributed by atoms with van der Waals surface area (Å²) in [5.74, 6) is 1.13. The van der Waals surface area contributed by atoms with E-state index in [9.17, 15) is 9.59 Å². The first kappa shape index (κ1) is 22.1. The molecule has 1 aliphatic heterocycles. The number of methoxy groups -OCH3 is 2. The Hall–Kier alpha value is -3.06. The van der Waals surface area contributed by atoms with Crippen LogP contribution in [-0.4, -0.2) is 36.1 Å². The van der Waals surface area contributed by atoms with Gasteiger partial charge in [-0.2, -0.15) is 0 Å². The maximum Gasteiger partial charge on any atom is 0.259 e. The number of aromatic nitrogens is 1. The monoisotopic (exact) mass is 452 g/mol. The molecule has 0 unspecified atom stereocenters. The predicted molar refractivity (Wildman–Crippen MR) is 126 cm³/mol. The molecule has 2 aromatic heterocycles. The summed E-state index contributed by atoms with van der Waals surface area (Å²) in [4.78, 5) is 29.6. The van der Waals surface area contributed by atoms with Gasteiger partial charge in [0.1, 0.15) is 5.56 Å². The first-order chi connectivity index (χ1) is 15.5. The second-order valence-electron chi connectivity index (χ2n) is 7.94. The van der Waals surface area contributed by atoms with E-state index in [-0.39, 0.29) is 11.3 Å². The Morgan fingerprint density at radius 3 is 2.47 bits per heavy atom. The summed E-state index contributed by atoms with van der Waals surface area (Å²) in [7, 11) is 3.22. The van der Waals surface area contributed by atoms with Crippen LogP contribution in [0.1, 0.15) is 44.7 Å². The highest BCUT2D eigenvalue weighted by molar-refractivity contribution is 7.09. The summed E-state index contributed by atoms with van der Waals surface area (Å²) >= 11 is 1.67. The smallest absolute Gasteiger partial charge is 0.259 e. The van der Waals surface area contributed by atoms with E-state index in [2.05, 4.69) is 10.6 Å². The summed E-state index contributed by atoms with van der Waals surface area (Å²) in [5.41, 5.74) is 3.92. The fourth-order valence-corrected chi connectivity index (χ4v) is 5.11. The van der Waals surface area contributed by atoms with Gasteiger partial charge >= 0.3 is 0 Å². The van der Waals surface area contributed by atoms with Crippen molar-refractivity contribution in [2.45, 2.75) is 39.8 Å². The molecule has 6 nitrogen and oxygen atoms in total. The molecule has 1 aromatic carbocycles. The third kappa shape index (κ3) is 4.05. The van der Waals surface area contributed by atoms with Crippen molar-refractivity contribution in [1.29, 1.82) is 0 Å². The Labute approximate surface area is 192 Å². The lowest BCUT2D eigenvalue weighted by Crippen LogP contribution is -2.39. The number of fused-ring (bicyclic) bond motifs is 1. The largest absolute Gasteiger partial charge is 0.493 e. The number of pyridine rings is 1. The van der Waals surface area contributed by atoms with E-state index in [1.54, 1.807) is 36.5 Å². The number of amides is 1.